The van der Waals surface area contributed by atoms with Gasteiger partial charge >= 0.3 is 6.09 Å². The van der Waals surface area contributed by atoms with Crippen LogP contribution >= 0.6 is 46.4 Å². The third kappa shape index (κ3) is 5.95. The third-order valence-corrected chi connectivity index (χ3v) is 2.74. The van der Waals surface area contributed by atoms with E-state index in [1.807, 2.05) is 0 Å². The highest BCUT2D eigenvalue weighted by molar-refractivity contribution is 6.68. The predicted octanol–water partition coefficient (Wildman–Crippen LogP) is 4.16. The lowest BCUT2D eigenvalue weighted by atomic mass is 10.3. The standard InChI is InChI=1S/C11H11Cl4NO3/c1-2-18-10(17)16-9(11(13,14)15)19-8-5-3-7(12)4-6-8/h3-6,9H,2H2,1H3,(H,16,17)/t9-/m0/s1. The summed E-state index contributed by atoms with van der Waals surface area (Å²) in [5, 5.41) is 2.85. The van der Waals surface area contributed by atoms with Crippen LogP contribution in [0.3, 0.4) is 0 Å². The van der Waals surface area contributed by atoms with E-state index < -0.39 is 16.1 Å². The first-order valence-corrected chi connectivity index (χ1v) is 6.76. The Balaban J connectivity index is 2.75. The number of nitrogens with one attached hydrogen (secondary N) is 1. The molecule has 0 fully saturated rings. The molecule has 0 radical (unpaired) electrons. The summed E-state index contributed by atoms with van der Waals surface area (Å²) in [5.41, 5.74) is 0. The fourth-order valence-electron chi connectivity index (χ4n) is 1.11. The summed E-state index contributed by atoms with van der Waals surface area (Å²) in [4.78, 5) is 11.3. The van der Waals surface area contributed by atoms with Crippen LogP contribution < -0.4 is 10.1 Å². The molecule has 1 N–H and O–H groups in total. The van der Waals surface area contributed by atoms with Crippen molar-refractivity contribution >= 4 is 52.5 Å². The first-order chi connectivity index (χ1) is 8.82. The van der Waals surface area contributed by atoms with Crippen molar-refractivity contribution in [3.63, 3.8) is 0 Å². The van der Waals surface area contributed by atoms with Crippen molar-refractivity contribution in [2.45, 2.75) is 16.9 Å². The number of hydrogen-bond acceptors (Lipinski definition) is 3. The second-order valence-corrected chi connectivity index (χ2v) is 6.16. The van der Waals surface area contributed by atoms with Crippen molar-refractivity contribution in [2.24, 2.45) is 0 Å². The number of benzene rings is 1. The van der Waals surface area contributed by atoms with Crippen LogP contribution in [0, 0.1) is 0 Å². The number of hydrogen-bond donors (Lipinski definition) is 1. The van der Waals surface area contributed by atoms with Crippen LogP contribution in [0.1, 0.15) is 6.92 Å². The molecule has 0 bridgehead atoms. The van der Waals surface area contributed by atoms with Gasteiger partial charge in [0.2, 0.25) is 10.0 Å². The van der Waals surface area contributed by atoms with Crippen molar-refractivity contribution < 1.29 is 14.3 Å². The molecule has 1 rings (SSSR count). The van der Waals surface area contributed by atoms with Crippen molar-refractivity contribution in [1.29, 1.82) is 0 Å². The van der Waals surface area contributed by atoms with Crippen LogP contribution in [-0.4, -0.2) is 22.7 Å². The fourth-order valence-corrected chi connectivity index (χ4v) is 1.53. The molecule has 0 spiro atoms. The maximum absolute atomic E-state index is 11.3. The number of alkyl carbamates (subject to hydrolysis) is 1. The van der Waals surface area contributed by atoms with Crippen LogP contribution in [0.25, 0.3) is 0 Å². The van der Waals surface area contributed by atoms with E-state index in [9.17, 15) is 4.79 Å². The smallest absolute Gasteiger partial charge is 0.410 e. The molecule has 1 aromatic rings. The molecule has 1 aromatic carbocycles. The first kappa shape index (κ1) is 16.5. The monoisotopic (exact) mass is 345 g/mol. The van der Waals surface area contributed by atoms with Gasteiger partial charge in [-0.05, 0) is 31.2 Å². The quantitative estimate of drug-likeness (QED) is 0.657. The molecule has 0 aliphatic heterocycles. The summed E-state index contributed by atoms with van der Waals surface area (Å²) in [7, 11) is 0. The largest absolute Gasteiger partial charge is 0.466 e. The van der Waals surface area contributed by atoms with Gasteiger partial charge in [-0.1, -0.05) is 46.4 Å². The van der Waals surface area contributed by atoms with Crippen LogP contribution in [0.5, 0.6) is 5.75 Å². The Hall–Kier alpha value is -0.550. The molecule has 1 atom stereocenters. The van der Waals surface area contributed by atoms with Gasteiger partial charge in [0.25, 0.3) is 0 Å². The van der Waals surface area contributed by atoms with E-state index in [0.29, 0.717) is 10.8 Å². The number of rotatable bonds is 4. The van der Waals surface area contributed by atoms with Crippen molar-refractivity contribution in [3.8, 4) is 5.75 Å². The number of alkyl halides is 3. The van der Waals surface area contributed by atoms with Gasteiger partial charge in [0.05, 0.1) is 6.61 Å². The zero-order valence-electron chi connectivity index (χ0n) is 9.83. The fraction of sp³-hybridized carbons (Fsp3) is 0.364. The van der Waals surface area contributed by atoms with E-state index >= 15 is 0 Å². The summed E-state index contributed by atoms with van der Waals surface area (Å²) in [6.45, 7) is 1.85. The zero-order valence-corrected chi connectivity index (χ0v) is 12.9. The molecule has 0 aliphatic rings. The van der Waals surface area contributed by atoms with Crippen LogP contribution in [0.2, 0.25) is 5.02 Å². The number of carbonyl (C=O) groups excluding carboxylic acids is 1. The van der Waals surface area contributed by atoms with Gasteiger partial charge in [-0.25, -0.2) is 4.79 Å². The van der Waals surface area contributed by atoms with Crippen LogP contribution in [-0.2, 0) is 4.74 Å². The highest BCUT2D eigenvalue weighted by Gasteiger charge is 2.36. The molecule has 0 saturated carbocycles. The summed E-state index contributed by atoms with van der Waals surface area (Å²) in [5.74, 6) is 0.387. The van der Waals surface area contributed by atoms with Gasteiger partial charge in [0.15, 0.2) is 0 Å². The van der Waals surface area contributed by atoms with Crippen LogP contribution in [0.15, 0.2) is 24.3 Å². The molecule has 0 heterocycles. The Morgan fingerprint density at radius 2 is 1.89 bits per heavy atom. The maximum atomic E-state index is 11.3. The summed E-state index contributed by atoms with van der Waals surface area (Å²) in [6.07, 6.45) is -1.94. The Morgan fingerprint density at radius 1 is 1.32 bits per heavy atom. The molecule has 1 amide bonds. The Labute approximate surface area is 130 Å². The van der Waals surface area contributed by atoms with E-state index in [4.69, 9.17) is 55.9 Å². The molecule has 0 aromatic heterocycles. The molecule has 4 nitrogen and oxygen atoms in total. The Kier molecular flexibility index (Phi) is 6.33. The Bertz CT molecular complexity index is 419. The lowest BCUT2D eigenvalue weighted by Crippen LogP contribution is -2.48. The molecule has 19 heavy (non-hydrogen) atoms. The minimum Gasteiger partial charge on any atom is -0.466 e. The van der Waals surface area contributed by atoms with E-state index in [1.54, 1.807) is 31.2 Å². The summed E-state index contributed by atoms with van der Waals surface area (Å²) >= 11 is 22.9. The topological polar surface area (TPSA) is 47.6 Å². The second-order valence-electron chi connectivity index (χ2n) is 3.36. The molecular formula is C11H11Cl4NO3. The first-order valence-electron chi connectivity index (χ1n) is 5.25. The van der Waals surface area contributed by atoms with Gasteiger partial charge in [-0.2, -0.15) is 0 Å². The molecule has 0 aliphatic carbocycles. The highest BCUT2D eigenvalue weighted by atomic mass is 35.6. The van der Waals surface area contributed by atoms with Gasteiger partial charge in [-0.15, -0.1) is 0 Å². The number of amides is 1. The second kappa shape index (κ2) is 7.29. The number of carbonyl (C=O) groups is 1. The van der Waals surface area contributed by atoms with Crippen LogP contribution in [0.4, 0.5) is 4.79 Å². The van der Waals surface area contributed by atoms with E-state index in [1.165, 1.54) is 0 Å². The average Bonchev–Trinajstić information content (AvgIpc) is 2.30. The summed E-state index contributed by atoms with van der Waals surface area (Å²) in [6, 6.07) is 6.38. The van der Waals surface area contributed by atoms with E-state index in [-0.39, 0.29) is 6.61 Å². The van der Waals surface area contributed by atoms with Crippen molar-refractivity contribution in [1.82, 2.24) is 5.32 Å². The van der Waals surface area contributed by atoms with Crippen molar-refractivity contribution in [3.05, 3.63) is 29.3 Å². The average molecular weight is 347 g/mol. The lowest BCUT2D eigenvalue weighted by molar-refractivity contribution is 0.115. The third-order valence-electron chi connectivity index (χ3n) is 1.89. The maximum Gasteiger partial charge on any atom is 0.410 e. The lowest BCUT2D eigenvalue weighted by Gasteiger charge is -2.25. The van der Waals surface area contributed by atoms with Gasteiger partial charge < -0.3 is 9.47 Å². The SMILES string of the molecule is CCOC(=O)N[C@@H](Oc1ccc(Cl)cc1)C(Cl)(Cl)Cl. The normalized spacial score (nSPS) is 12.7. The van der Waals surface area contributed by atoms with E-state index in [0.717, 1.165) is 0 Å². The molecule has 0 saturated heterocycles. The van der Waals surface area contributed by atoms with Gasteiger partial charge in [0, 0.05) is 5.02 Å². The van der Waals surface area contributed by atoms with E-state index in [2.05, 4.69) is 5.32 Å². The molecular weight excluding hydrogens is 336 g/mol. The van der Waals surface area contributed by atoms with Gasteiger partial charge in [0.1, 0.15) is 5.75 Å². The summed E-state index contributed by atoms with van der Waals surface area (Å²) < 4.78 is 8.23. The number of ether oxygens (including phenoxy) is 2. The van der Waals surface area contributed by atoms with Crippen molar-refractivity contribution in [2.75, 3.05) is 6.61 Å². The highest BCUT2D eigenvalue weighted by Crippen LogP contribution is 2.32. The minimum absolute atomic E-state index is 0.194. The zero-order chi connectivity index (χ0) is 14.5. The molecule has 0 unspecified atom stereocenters. The predicted molar refractivity (Wildman–Crippen MR) is 76.3 cm³/mol. The van der Waals surface area contributed by atoms with Gasteiger partial charge in [-0.3, -0.25) is 5.32 Å². The minimum atomic E-state index is -1.85. The molecule has 106 valence electrons. The Morgan fingerprint density at radius 3 is 2.37 bits per heavy atom. The molecule has 8 heteroatoms. The number of halogens is 4.